The predicted octanol–water partition coefficient (Wildman–Crippen LogP) is 11.7. The van der Waals surface area contributed by atoms with Crippen molar-refractivity contribution in [3.05, 3.63) is 164 Å². The third kappa shape index (κ3) is 5.05. The van der Waals surface area contributed by atoms with Crippen LogP contribution in [0.1, 0.15) is 0 Å². The number of benzene rings is 6. The van der Waals surface area contributed by atoms with Gasteiger partial charge >= 0.3 is 0 Å². The number of fused-ring (bicyclic) bond motifs is 4. The molecule has 0 amide bonds. The van der Waals surface area contributed by atoms with E-state index < -0.39 is 0 Å². The van der Waals surface area contributed by atoms with Crippen LogP contribution in [0.25, 0.3) is 87.1 Å². The average molecular weight is 618 g/mol. The van der Waals surface area contributed by atoms with E-state index in [0.29, 0.717) is 5.82 Å². The second-order valence-corrected chi connectivity index (χ2v) is 12.8. The van der Waals surface area contributed by atoms with E-state index in [0.717, 1.165) is 39.2 Å². The lowest BCUT2D eigenvalue weighted by atomic mass is 9.92. The van der Waals surface area contributed by atoms with E-state index in [4.69, 9.17) is 9.97 Å². The maximum absolute atomic E-state index is 5.19. The van der Waals surface area contributed by atoms with Crippen LogP contribution in [0.4, 0.5) is 0 Å². The lowest BCUT2D eigenvalue weighted by molar-refractivity contribution is 1.18. The molecular weight excluding hydrogens is 591 g/mol. The molecule has 0 saturated heterocycles. The number of thiophene rings is 1. The highest BCUT2D eigenvalue weighted by molar-refractivity contribution is 7.25. The topological polar surface area (TPSA) is 38.7 Å². The first-order valence-corrected chi connectivity index (χ1v) is 16.5. The van der Waals surface area contributed by atoms with Gasteiger partial charge in [-0.3, -0.25) is 4.98 Å². The number of nitrogens with zero attached hydrogens (tertiary/aromatic N) is 3. The second kappa shape index (κ2) is 11.4. The highest BCUT2D eigenvalue weighted by Crippen LogP contribution is 2.40. The van der Waals surface area contributed by atoms with Crippen molar-refractivity contribution in [2.45, 2.75) is 0 Å². The smallest absolute Gasteiger partial charge is 0.160 e. The zero-order chi connectivity index (χ0) is 31.2. The summed E-state index contributed by atoms with van der Waals surface area (Å²) in [6.07, 6.45) is 3.62. The van der Waals surface area contributed by atoms with E-state index >= 15 is 0 Å². The van der Waals surface area contributed by atoms with Gasteiger partial charge in [-0.1, -0.05) is 97.1 Å². The van der Waals surface area contributed by atoms with Gasteiger partial charge in [0.1, 0.15) is 0 Å². The Bertz CT molecular complexity index is 2510. The standard InChI is InChI=1S/C43H27N3S/c1-2-10-30(11-3-1)43-45-39(29-19-21-44-22-20-29)27-40(46-43)34-24-32(23-33(25-34)36-15-8-12-28-9-4-5-13-35(28)36)31-17-18-42-38(26-31)37-14-6-7-16-41(37)47-42/h1-27H. The van der Waals surface area contributed by atoms with Crippen molar-refractivity contribution in [3.8, 4) is 56.2 Å². The Morgan fingerprint density at radius 1 is 0.383 bits per heavy atom. The molecule has 0 atom stereocenters. The first-order valence-electron chi connectivity index (χ1n) is 15.7. The molecule has 3 heterocycles. The van der Waals surface area contributed by atoms with Crippen molar-refractivity contribution in [2.24, 2.45) is 0 Å². The molecule has 0 radical (unpaired) electrons. The number of hydrogen-bond donors (Lipinski definition) is 0. The second-order valence-electron chi connectivity index (χ2n) is 11.7. The van der Waals surface area contributed by atoms with Gasteiger partial charge in [0.15, 0.2) is 5.82 Å². The fraction of sp³-hybridized carbons (Fsp3) is 0. The molecule has 0 N–H and O–H groups in total. The van der Waals surface area contributed by atoms with E-state index in [9.17, 15) is 0 Å². The monoisotopic (exact) mass is 617 g/mol. The van der Waals surface area contributed by atoms with Crippen LogP contribution in [0.2, 0.25) is 0 Å². The van der Waals surface area contributed by atoms with Gasteiger partial charge in [0.05, 0.1) is 11.4 Å². The van der Waals surface area contributed by atoms with Crippen molar-refractivity contribution in [2.75, 3.05) is 0 Å². The summed E-state index contributed by atoms with van der Waals surface area (Å²) in [7, 11) is 0. The quantitative estimate of drug-likeness (QED) is 0.193. The molecule has 220 valence electrons. The molecular formula is C43H27N3S. The molecule has 0 fully saturated rings. The Balaban J connectivity index is 1.30. The number of pyridine rings is 1. The van der Waals surface area contributed by atoms with E-state index in [1.807, 2.05) is 54.1 Å². The molecule has 0 aliphatic rings. The van der Waals surface area contributed by atoms with E-state index in [2.05, 4.69) is 126 Å². The Morgan fingerprint density at radius 2 is 1.06 bits per heavy atom. The minimum Gasteiger partial charge on any atom is -0.265 e. The molecule has 9 rings (SSSR count). The Labute approximate surface area is 276 Å². The molecule has 0 spiro atoms. The van der Waals surface area contributed by atoms with Crippen LogP contribution in [0.5, 0.6) is 0 Å². The summed E-state index contributed by atoms with van der Waals surface area (Å²) < 4.78 is 2.61. The Morgan fingerprint density at radius 3 is 1.94 bits per heavy atom. The molecule has 3 aromatic heterocycles. The molecule has 4 heteroatoms. The fourth-order valence-corrected chi connectivity index (χ4v) is 7.55. The molecule has 0 bridgehead atoms. The van der Waals surface area contributed by atoms with E-state index in [-0.39, 0.29) is 0 Å². The fourth-order valence-electron chi connectivity index (χ4n) is 6.46. The minimum atomic E-state index is 0.693. The van der Waals surface area contributed by atoms with Crippen LogP contribution in [-0.2, 0) is 0 Å². The van der Waals surface area contributed by atoms with Crippen LogP contribution < -0.4 is 0 Å². The number of aromatic nitrogens is 3. The zero-order valence-electron chi connectivity index (χ0n) is 25.3. The molecule has 0 aliphatic heterocycles. The third-order valence-electron chi connectivity index (χ3n) is 8.77. The van der Waals surface area contributed by atoms with Crippen molar-refractivity contribution in [3.63, 3.8) is 0 Å². The maximum atomic E-state index is 5.19. The van der Waals surface area contributed by atoms with Crippen LogP contribution in [-0.4, -0.2) is 15.0 Å². The summed E-state index contributed by atoms with van der Waals surface area (Å²) in [6, 6.07) is 53.9. The van der Waals surface area contributed by atoms with Crippen molar-refractivity contribution < 1.29 is 0 Å². The van der Waals surface area contributed by atoms with Gasteiger partial charge in [0.2, 0.25) is 0 Å². The van der Waals surface area contributed by atoms with Crippen molar-refractivity contribution in [1.29, 1.82) is 0 Å². The SMILES string of the molecule is c1ccc(-c2nc(-c3ccncc3)cc(-c3cc(-c4ccc5sc6ccccc6c5c4)cc(-c4cccc5ccccc45)c3)n2)cc1. The van der Waals surface area contributed by atoms with Gasteiger partial charge in [0.25, 0.3) is 0 Å². The van der Waals surface area contributed by atoms with Crippen LogP contribution in [0, 0.1) is 0 Å². The van der Waals surface area contributed by atoms with Gasteiger partial charge < -0.3 is 0 Å². The van der Waals surface area contributed by atoms with Crippen molar-refractivity contribution in [1.82, 2.24) is 15.0 Å². The van der Waals surface area contributed by atoms with E-state index in [1.54, 1.807) is 0 Å². The maximum Gasteiger partial charge on any atom is 0.160 e. The Hall–Kier alpha value is -5.97. The minimum absolute atomic E-state index is 0.693. The number of hydrogen-bond acceptors (Lipinski definition) is 4. The molecule has 47 heavy (non-hydrogen) atoms. The summed E-state index contributed by atoms with van der Waals surface area (Å²) in [5.74, 6) is 0.693. The molecule has 6 aromatic carbocycles. The summed E-state index contributed by atoms with van der Waals surface area (Å²) in [5, 5.41) is 5.03. The van der Waals surface area contributed by atoms with Crippen molar-refractivity contribution >= 4 is 42.3 Å². The van der Waals surface area contributed by atoms with Crippen LogP contribution in [0.3, 0.4) is 0 Å². The van der Waals surface area contributed by atoms with Crippen LogP contribution >= 0.6 is 11.3 Å². The summed E-state index contributed by atoms with van der Waals surface area (Å²) in [4.78, 5) is 14.5. The Kier molecular flexibility index (Phi) is 6.65. The lowest BCUT2D eigenvalue weighted by Crippen LogP contribution is -1.96. The average Bonchev–Trinajstić information content (AvgIpc) is 3.53. The van der Waals surface area contributed by atoms with Crippen LogP contribution in [0.15, 0.2) is 164 Å². The zero-order valence-corrected chi connectivity index (χ0v) is 26.2. The molecule has 0 aliphatic carbocycles. The van der Waals surface area contributed by atoms with Gasteiger partial charge in [-0.05, 0) is 87.6 Å². The normalized spacial score (nSPS) is 11.4. The summed E-state index contributed by atoms with van der Waals surface area (Å²) in [6.45, 7) is 0. The van der Waals surface area contributed by atoms with E-state index in [1.165, 1.54) is 42.1 Å². The number of rotatable bonds is 5. The first kappa shape index (κ1) is 27.3. The third-order valence-corrected chi connectivity index (χ3v) is 9.93. The van der Waals surface area contributed by atoms with Gasteiger partial charge in [-0.15, -0.1) is 11.3 Å². The summed E-state index contributed by atoms with van der Waals surface area (Å²) in [5.41, 5.74) is 9.41. The molecule has 0 unspecified atom stereocenters. The first-order chi connectivity index (χ1) is 23.3. The summed E-state index contributed by atoms with van der Waals surface area (Å²) >= 11 is 1.84. The molecule has 9 aromatic rings. The van der Waals surface area contributed by atoms with Gasteiger partial charge in [0, 0.05) is 49.3 Å². The lowest BCUT2D eigenvalue weighted by Gasteiger charge is -2.14. The predicted molar refractivity (Wildman–Crippen MR) is 197 cm³/mol. The highest BCUT2D eigenvalue weighted by atomic mass is 32.1. The highest BCUT2D eigenvalue weighted by Gasteiger charge is 2.15. The van der Waals surface area contributed by atoms with Gasteiger partial charge in [-0.2, -0.15) is 0 Å². The molecule has 0 saturated carbocycles. The van der Waals surface area contributed by atoms with Gasteiger partial charge in [-0.25, -0.2) is 9.97 Å². The molecule has 3 nitrogen and oxygen atoms in total. The largest absolute Gasteiger partial charge is 0.265 e.